The lowest BCUT2D eigenvalue weighted by molar-refractivity contribution is -0.127. The summed E-state index contributed by atoms with van der Waals surface area (Å²) in [5.74, 6) is 2.29. The minimum Gasteiger partial charge on any atom is -0.496 e. The van der Waals surface area contributed by atoms with Crippen LogP contribution >= 0.6 is 0 Å². The highest BCUT2D eigenvalue weighted by Gasteiger charge is 2.32. The van der Waals surface area contributed by atoms with E-state index in [-0.39, 0.29) is 17.9 Å². The molecule has 0 saturated carbocycles. The molecular weight excluding hydrogens is 470 g/mol. The molecule has 8 nitrogen and oxygen atoms in total. The molecule has 3 amide bonds. The van der Waals surface area contributed by atoms with Crippen LogP contribution in [0.25, 0.3) is 0 Å². The summed E-state index contributed by atoms with van der Waals surface area (Å²) >= 11 is 0. The fraction of sp³-hybridized carbons (Fsp3) is 0.517. The van der Waals surface area contributed by atoms with E-state index in [1.807, 2.05) is 46.2 Å². The SMILES string of the molecule is CCCCCOc1cc(N2C[C@@H](C)CN(Cc3ccc(CC(=O)N(C)C)cc3OC)C2=O)ccc1OC. The predicted molar refractivity (Wildman–Crippen MR) is 146 cm³/mol. The van der Waals surface area contributed by atoms with Crippen molar-refractivity contribution in [3.8, 4) is 17.2 Å². The number of carbonyl (C=O) groups is 2. The van der Waals surface area contributed by atoms with Gasteiger partial charge in [-0.1, -0.05) is 38.8 Å². The van der Waals surface area contributed by atoms with Gasteiger partial charge in [0.25, 0.3) is 0 Å². The largest absolute Gasteiger partial charge is 0.496 e. The van der Waals surface area contributed by atoms with Gasteiger partial charge in [-0.3, -0.25) is 9.69 Å². The second-order valence-corrected chi connectivity index (χ2v) is 9.88. The summed E-state index contributed by atoms with van der Waals surface area (Å²) < 4.78 is 17.1. The van der Waals surface area contributed by atoms with Crippen LogP contribution < -0.4 is 19.1 Å². The lowest BCUT2D eigenvalue weighted by Gasteiger charge is -2.39. The van der Waals surface area contributed by atoms with Gasteiger partial charge in [-0.25, -0.2) is 4.79 Å². The van der Waals surface area contributed by atoms with E-state index in [1.165, 1.54) is 0 Å². The number of benzene rings is 2. The summed E-state index contributed by atoms with van der Waals surface area (Å²) in [4.78, 5) is 31.0. The predicted octanol–water partition coefficient (Wildman–Crippen LogP) is 4.98. The molecule has 1 fully saturated rings. The zero-order valence-electron chi connectivity index (χ0n) is 23.1. The van der Waals surface area contributed by atoms with E-state index >= 15 is 0 Å². The molecule has 1 saturated heterocycles. The number of methoxy groups -OCH3 is 2. The van der Waals surface area contributed by atoms with Gasteiger partial charge in [0.15, 0.2) is 11.5 Å². The molecule has 1 aliphatic heterocycles. The summed E-state index contributed by atoms with van der Waals surface area (Å²) in [5.41, 5.74) is 2.57. The number of hydrogen-bond acceptors (Lipinski definition) is 5. The summed E-state index contributed by atoms with van der Waals surface area (Å²) in [6.45, 7) is 6.61. The van der Waals surface area contributed by atoms with Crippen molar-refractivity contribution in [2.45, 2.75) is 46.1 Å². The van der Waals surface area contributed by atoms with Gasteiger partial charge in [-0.15, -0.1) is 0 Å². The third-order valence-electron chi connectivity index (χ3n) is 6.56. The zero-order valence-corrected chi connectivity index (χ0v) is 23.1. The van der Waals surface area contributed by atoms with E-state index < -0.39 is 0 Å². The van der Waals surface area contributed by atoms with Gasteiger partial charge in [0.05, 0.1) is 33.8 Å². The highest BCUT2D eigenvalue weighted by Crippen LogP contribution is 2.34. The van der Waals surface area contributed by atoms with Crippen molar-refractivity contribution in [3.05, 3.63) is 47.5 Å². The number of hydrogen-bond donors (Lipinski definition) is 0. The van der Waals surface area contributed by atoms with Gasteiger partial charge in [0.1, 0.15) is 5.75 Å². The number of anilines is 1. The average molecular weight is 512 g/mol. The van der Waals surface area contributed by atoms with Crippen LogP contribution in [0.3, 0.4) is 0 Å². The topological polar surface area (TPSA) is 71.5 Å². The summed E-state index contributed by atoms with van der Waals surface area (Å²) in [6, 6.07) is 11.4. The van der Waals surface area contributed by atoms with Crippen LogP contribution in [0.4, 0.5) is 10.5 Å². The lowest BCUT2D eigenvalue weighted by atomic mass is 10.0. The highest BCUT2D eigenvalue weighted by molar-refractivity contribution is 5.93. The molecular formula is C29H41N3O5. The lowest BCUT2D eigenvalue weighted by Crippen LogP contribution is -2.52. The number of nitrogens with zero attached hydrogens (tertiary/aromatic N) is 3. The van der Waals surface area contributed by atoms with E-state index in [0.29, 0.717) is 49.9 Å². The Hall–Kier alpha value is -3.42. The quantitative estimate of drug-likeness (QED) is 0.376. The number of ether oxygens (including phenoxy) is 3. The van der Waals surface area contributed by atoms with Crippen molar-refractivity contribution in [1.29, 1.82) is 0 Å². The van der Waals surface area contributed by atoms with Gasteiger partial charge >= 0.3 is 6.03 Å². The van der Waals surface area contributed by atoms with Crippen molar-refractivity contribution in [2.75, 3.05) is 52.9 Å². The molecule has 0 bridgehead atoms. The Balaban J connectivity index is 1.79. The van der Waals surface area contributed by atoms with E-state index in [2.05, 4.69) is 13.8 Å². The third-order valence-corrected chi connectivity index (χ3v) is 6.56. The van der Waals surface area contributed by atoms with E-state index in [4.69, 9.17) is 14.2 Å². The molecule has 1 aliphatic rings. The van der Waals surface area contributed by atoms with Gasteiger partial charge < -0.3 is 24.0 Å². The second-order valence-electron chi connectivity index (χ2n) is 9.88. The van der Waals surface area contributed by atoms with Crippen molar-refractivity contribution < 1.29 is 23.8 Å². The molecule has 2 aromatic rings. The molecule has 202 valence electrons. The van der Waals surface area contributed by atoms with Crippen LogP contribution in [0, 0.1) is 5.92 Å². The molecule has 2 aromatic carbocycles. The second kappa shape index (κ2) is 13.2. The molecule has 3 rings (SSSR count). The number of urea groups is 1. The summed E-state index contributed by atoms with van der Waals surface area (Å²) in [5, 5.41) is 0. The first-order chi connectivity index (χ1) is 17.8. The molecule has 0 aliphatic carbocycles. The van der Waals surface area contributed by atoms with Gasteiger partial charge in [0, 0.05) is 44.5 Å². The Morgan fingerprint density at radius 1 is 1.00 bits per heavy atom. The smallest absolute Gasteiger partial charge is 0.324 e. The van der Waals surface area contributed by atoms with E-state index in [9.17, 15) is 9.59 Å². The fourth-order valence-electron chi connectivity index (χ4n) is 4.47. The maximum absolute atomic E-state index is 13.6. The minimum absolute atomic E-state index is 0.0266. The first-order valence-corrected chi connectivity index (χ1v) is 13.0. The van der Waals surface area contributed by atoms with Crippen molar-refractivity contribution >= 4 is 17.6 Å². The molecule has 0 unspecified atom stereocenters. The van der Waals surface area contributed by atoms with Gasteiger partial charge in [-0.2, -0.15) is 0 Å². The van der Waals surface area contributed by atoms with Crippen LogP contribution in [-0.2, 0) is 17.8 Å². The van der Waals surface area contributed by atoms with Crippen LogP contribution in [0.1, 0.15) is 44.2 Å². The molecule has 37 heavy (non-hydrogen) atoms. The first kappa shape index (κ1) is 28.2. The third kappa shape index (κ3) is 7.31. The Labute approximate surface area is 221 Å². The molecule has 8 heteroatoms. The Morgan fingerprint density at radius 3 is 2.43 bits per heavy atom. The molecule has 0 aromatic heterocycles. The van der Waals surface area contributed by atoms with E-state index in [0.717, 1.165) is 36.1 Å². The number of likely N-dealkylation sites (N-methyl/N-ethyl adjacent to an activating group) is 1. The highest BCUT2D eigenvalue weighted by atomic mass is 16.5. The maximum Gasteiger partial charge on any atom is 0.324 e. The number of unbranched alkanes of at least 4 members (excludes halogenated alkanes) is 2. The summed E-state index contributed by atoms with van der Waals surface area (Å²) in [7, 11) is 6.72. The Kier molecular flexibility index (Phi) is 10.1. The average Bonchev–Trinajstić information content (AvgIpc) is 2.89. The van der Waals surface area contributed by atoms with Gasteiger partial charge in [0.2, 0.25) is 5.91 Å². The molecule has 0 spiro atoms. The standard InChI is InChI=1S/C29H41N3O5/c1-7-8-9-14-37-27-17-24(12-13-25(27)35-5)32-19-21(2)18-31(29(32)34)20-23-11-10-22(15-26(23)36-6)16-28(33)30(3)4/h10-13,15,17,21H,7-9,14,16,18-20H2,1-6H3/t21-/m0/s1. The number of carbonyl (C=O) groups excluding carboxylic acids is 2. The molecule has 0 N–H and O–H groups in total. The summed E-state index contributed by atoms with van der Waals surface area (Å²) in [6.07, 6.45) is 3.51. The van der Waals surface area contributed by atoms with Crippen molar-refractivity contribution in [3.63, 3.8) is 0 Å². The van der Waals surface area contributed by atoms with E-state index in [1.54, 1.807) is 33.2 Å². The van der Waals surface area contributed by atoms with Crippen LogP contribution in [0.15, 0.2) is 36.4 Å². The van der Waals surface area contributed by atoms with Crippen molar-refractivity contribution in [2.24, 2.45) is 5.92 Å². The van der Waals surface area contributed by atoms with Crippen LogP contribution in [0.5, 0.6) is 17.2 Å². The number of amides is 3. The molecule has 1 atom stereocenters. The molecule has 0 radical (unpaired) electrons. The fourth-order valence-corrected chi connectivity index (χ4v) is 4.47. The maximum atomic E-state index is 13.6. The van der Waals surface area contributed by atoms with Crippen LogP contribution in [0.2, 0.25) is 0 Å². The Morgan fingerprint density at radius 2 is 1.76 bits per heavy atom. The zero-order chi connectivity index (χ0) is 26.9. The Bertz CT molecular complexity index is 1070. The normalized spacial score (nSPS) is 15.5. The van der Waals surface area contributed by atoms with Crippen LogP contribution in [-0.4, -0.2) is 69.7 Å². The first-order valence-electron chi connectivity index (χ1n) is 13.0. The van der Waals surface area contributed by atoms with Gasteiger partial charge in [-0.05, 0) is 36.1 Å². The number of rotatable bonds is 12. The van der Waals surface area contributed by atoms with Crippen molar-refractivity contribution in [1.82, 2.24) is 9.80 Å². The minimum atomic E-state index is -0.0610. The molecule has 1 heterocycles. The monoisotopic (exact) mass is 511 g/mol.